The second kappa shape index (κ2) is 11.6. The molecule has 3 heterocycles. The third-order valence-corrected chi connectivity index (χ3v) is 9.07. The number of anilines is 1. The van der Waals surface area contributed by atoms with Gasteiger partial charge in [0.05, 0.1) is 30.1 Å². The van der Waals surface area contributed by atoms with Crippen molar-refractivity contribution in [3.63, 3.8) is 0 Å². The molecule has 1 saturated heterocycles. The lowest BCUT2D eigenvalue weighted by atomic mass is 9.80. The number of aliphatic hydroxyl groups is 2. The molecule has 1 aliphatic heterocycles. The van der Waals surface area contributed by atoms with Gasteiger partial charge in [-0.05, 0) is 50.4 Å². The van der Waals surface area contributed by atoms with Crippen molar-refractivity contribution in [3.05, 3.63) is 72.6 Å². The second-order valence-corrected chi connectivity index (χ2v) is 12.0. The van der Waals surface area contributed by atoms with Crippen LogP contribution in [-0.4, -0.2) is 62.9 Å². The van der Waals surface area contributed by atoms with Gasteiger partial charge in [0.25, 0.3) is 0 Å². The summed E-state index contributed by atoms with van der Waals surface area (Å²) in [4.78, 5) is 12.4. The van der Waals surface area contributed by atoms with Crippen LogP contribution in [0.2, 0.25) is 0 Å². The number of nitrogen functional groups attached to an aromatic ring is 1. The molecular weight excluding hydrogens is 577 g/mol. The summed E-state index contributed by atoms with van der Waals surface area (Å²) in [7, 11) is -4.40. The molecule has 0 aliphatic carbocycles. The molecule has 6 atom stereocenters. The fourth-order valence-corrected chi connectivity index (χ4v) is 6.67. The van der Waals surface area contributed by atoms with Gasteiger partial charge in [0.15, 0.2) is 0 Å². The monoisotopic (exact) mass is 609 g/mol. The Kier molecular flexibility index (Phi) is 8.20. The number of aromatic nitrogens is 2. The maximum absolute atomic E-state index is 14.2. The highest BCUT2D eigenvalue weighted by Crippen LogP contribution is 2.51. The number of hydrogen-bond acceptors (Lipinski definition) is 11. The molecule has 0 radical (unpaired) electrons. The number of carbonyl (C=O) groups excluding carboxylic acids is 1. The molecule has 5 N–H and O–H groups in total. The van der Waals surface area contributed by atoms with Crippen LogP contribution in [-0.2, 0) is 29.0 Å². The SMILES string of the molecule is CCOC(=O)[C@H](C)NP(=O)(OC[C@H]1O[C@@](C#N)(c2ccc3c(N)ccnn23)[C@](C)(O)[C@@H]1O)Oc1cccc2ccccc12. The van der Waals surface area contributed by atoms with Crippen LogP contribution in [0.1, 0.15) is 26.5 Å². The lowest BCUT2D eigenvalue weighted by molar-refractivity contribution is -0.144. The third kappa shape index (κ3) is 5.34. The normalized spacial score (nSPS) is 25.7. The maximum atomic E-state index is 14.2. The minimum atomic E-state index is -4.40. The molecule has 13 nitrogen and oxygen atoms in total. The van der Waals surface area contributed by atoms with Gasteiger partial charge < -0.3 is 29.9 Å². The first kappa shape index (κ1) is 30.4. The Morgan fingerprint density at radius 3 is 2.74 bits per heavy atom. The smallest absolute Gasteiger partial charge is 0.459 e. The number of hydrogen-bond donors (Lipinski definition) is 4. The number of fused-ring (bicyclic) bond motifs is 2. The summed E-state index contributed by atoms with van der Waals surface area (Å²) >= 11 is 0. The minimum absolute atomic E-state index is 0.0998. The summed E-state index contributed by atoms with van der Waals surface area (Å²) in [6, 6.07) is 18.0. The first-order valence-corrected chi connectivity index (χ1v) is 15.1. The van der Waals surface area contributed by atoms with E-state index in [0.29, 0.717) is 16.6 Å². The molecule has 1 unspecified atom stereocenters. The highest BCUT2D eigenvalue weighted by molar-refractivity contribution is 7.52. The highest BCUT2D eigenvalue weighted by Gasteiger charge is 2.65. The van der Waals surface area contributed by atoms with E-state index in [0.717, 1.165) is 5.39 Å². The van der Waals surface area contributed by atoms with Crippen LogP contribution in [0.4, 0.5) is 5.69 Å². The molecule has 4 aromatic rings. The molecule has 5 rings (SSSR count). The van der Waals surface area contributed by atoms with Crippen molar-refractivity contribution in [1.82, 2.24) is 14.7 Å². The average Bonchev–Trinajstić information content (AvgIpc) is 3.50. The van der Waals surface area contributed by atoms with E-state index < -0.39 is 49.8 Å². The average molecular weight is 610 g/mol. The number of nitrogens with zero attached hydrogens (tertiary/aromatic N) is 3. The number of benzene rings is 2. The van der Waals surface area contributed by atoms with Crippen molar-refractivity contribution < 1.29 is 38.1 Å². The first-order valence-electron chi connectivity index (χ1n) is 13.5. The van der Waals surface area contributed by atoms with Crippen LogP contribution in [0.5, 0.6) is 5.75 Å². The molecule has 2 aromatic heterocycles. The molecule has 0 bridgehead atoms. The van der Waals surface area contributed by atoms with E-state index in [1.165, 1.54) is 30.6 Å². The topological polar surface area (TPSA) is 191 Å². The number of rotatable bonds is 10. The quantitative estimate of drug-likeness (QED) is 0.152. The summed E-state index contributed by atoms with van der Waals surface area (Å²) in [5, 5.41) is 41.3. The van der Waals surface area contributed by atoms with Gasteiger partial charge in [-0.2, -0.15) is 15.4 Å². The lowest BCUT2D eigenvalue weighted by Gasteiger charge is -2.33. The van der Waals surface area contributed by atoms with E-state index in [4.69, 9.17) is 24.3 Å². The van der Waals surface area contributed by atoms with E-state index in [1.807, 2.05) is 24.3 Å². The zero-order chi connectivity index (χ0) is 31.0. The number of nitrogens with two attached hydrogens (primary N) is 1. The number of esters is 1. The van der Waals surface area contributed by atoms with Gasteiger partial charge in [-0.15, -0.1) is 0 Å². The van der Waals surface area contributed by atoms with Crippen LogP contribution < -0.4 is 15.3 Å². The summed E-state index contributed by atoms with van der Waals surface area (Å²) in [6.45, 7) is 3.81. The number of nitriles is 1. The van der Waals surface area contributed by atoms with Crippen LogP contribution in [0.25, 0.3) is 16.3 Å². The summed E-state index contributed by atoms with van der Waals surface area (Å²) in [6.07, 6.45) is -1.63. The molecule has 0 amide bonds. The number of ether oxygens (including phenoxy) is 2. The van der Waals surface area contributed by atoms with Gasteiger partial charge in [0.1, 0.15) is 35.7 Å². The van der Waals surface area contributed by atoms with Gasteiger partial charge in [0, 0.05) is 11.6 Å². The molecule has 1 fully saturated rings. The van der Waals surface area contributed by atoms with Crippen molar-refractivity contribution in [2.45, 2.75) is 50.2 Å². The van der Waals surface area contributed by atoms with E-state index in [-0.39, 0.29) is 18.1 Å². The molecule has 14 heteroatoms. The Labute approximate surface area is 247 Å². The Hall–Kier alpha value is -4.02. The molecule has 2 aromatic carbocycles. The Balaban J connectivity index is 1.46. The summed E-state index contributed by atoms with van der Waals surface area (Å²) < 4.78 is 38.3. The number of carbonyl (C=O) groups is 1. The predicted molar refractivity (Wildman–Crippen MR) is 156 cm³/mol. The standard InChI is InChI=1S/C29H32N5O8P/c1-4-39-27(36)18(2)33-43(38,42-23-11-7-9-19-8-5-6-10-20(19)23)40-16-24-26(35)28(3,37)29(17-30,41-24)25-13-12-22-21(31)14-15-32-34(22)25/h5-15,18,24,26,35,37H,4,16,31H2,1-3H3,(H,33,38)/t18-,24+,26+,28+,29-,43?/m0/s1. The van der Waals surface area contributed by atoms with Crippen molar-refractivity contribution in [2.24, 2.45) is 0 Å². The van der Waals surface area contributed by atoms with Gasteiger partial charge in [-0.25, -0.2) is 9.08 Å². The fraction of sp³-hybridized carbons (Fsp3) is 0.345. The molecular formula is C29H32N5O8P. The van der Waals surface area contributed by atoms with Crippen LogP contribution in [0.15, 0.2) is 66.9 Å². The van der Waals surface area contributed by atoms with Crippen molar-refractivity contribution in [1.29, 1.82) is 5.26 Å². The largest absolute Gasteiger partial charge is 0.465 e. The van der Waals surface area contributed by atoms with E-state index in [2.05, 4.69) is 10.2 Å². The van der Waals surface area contributed by atoms with Gasteiger partial charge >= 0.3 is 13.7 Å². The summed E-state index contributed by atoms with van der Waals surface area (Å²) in [5.74, 6) is -0.483. The number of nitrogens with one attached hydrogen (secondary N) is 1. The molecule has 226 valence electrons. The molecule has 0 saturated carbocycles. The minimum Gasteiger partial charge on any atom is -0.465 e. The van der Waals surface area contributed by atoms with Crippen LogP contribution in [0.3, 0.4) is 0 Å². The lowest BCUT2D eigenvalue weighted by Crippen LogP contribution is -2.52. The first-order chi connectivity index (χ1) is 20.5. The summed E-state index contributed by atoms with van der Waals surface area (Å²) in [5.41, 5.74) is 2.70. The van der Waals surface area contributed by atoms with Gasteiger partial charge in [-0.1, -0.05) is 36.4 Å². The van der Waals surface area contributed by atoms with Crippen LogP contribution >= 0.6 is 7.75 Å². The Bertz CT molecular complexity index is 1750. The Morgan fingerprint density at radius 1 is 1.26 bits per heavy atom. The molecule has 1 aliphatic rings. The maximum Gasteiger partial charge on any atom is 0.459 e. The second-order valence-electron chi connectivity index (χ2n) is 10.3. The van der Waals surface area contributed by atoms with E-state index in [1.54, 1.807) is 43.3 Å². The van der Waals surface area contributed by atoms with Gasteiger partial charge in [-0.3, -0.25) is 9.32 Å². The van der Waals surface area contributed by atoms with Crippen LogP contribution in [0, 0.1) is 11.3 Å². The highest BCUT2D eigenvalue weighted by atomic mass is 31.2. The number of aliphatic hydroxyl groups excluding tert-OH is 1. The van der Waals surface area contributed by atoms with E-state index >= 15 is 0 Å². The van der Waals surface area contributed by atoms with E-state index in [9.17, 15) is 24.8 Å². The zero-order valence-electron chi connectivity index (χ0n) is 23.7. The van der Waals surface area contributed by atoms with Crippen molar-refractivity contribution >= 4 is 35.7 Å². The predicted octanol–water partition coefficient (Wildman–Crippen LogP) is 3.04. The molecule has 0 spiro atoms. The third-order valence-electron chi connectivity index (χ3n) is 7.44. The molecule has 43 heavy (non-hydrogen) atoms. The van der Waals surface area contributed by atoms with Crippen molar-refractivity contribution in [3.8, 4) is 11.8 Å². The van der Waals surface area contributed by atoms with Crippen molar-refractivity contribution in [2.75, 3.05) is 18.9 Å². The Morgan fingerprint density at radius 2 is 2.00 bits per heavy atom. The van der Waals surface area contributed by atoms with Gasteiger partial charge in [0.2, 0.25) is 5.60 Å². The zero-order valence-corrected chi connectivity index (χ0v) is 24.6. The fourth-order valence-electron chi connectivity index (χ4n) is 5.15.